The van der Waals surface area contributed by atoms with E-state index in [0.29, 0.717) is 6.54 Å². The summed E-state index contributed by atoms with van der Waals surface area (Å²) in [5, 5.41) is 4.07. The molecule has 0 bridgehead atoms. The SMILES string of the molecule is CC(Cl)c1nc2ccc(Br)cc2n1Cc1ccnn1C. The van der Waals surface area contributed by atoms with Gasteiger partial charge in [-0.05, 0) is 31.2 Å². The Kier molecular flexibility index (Phi) is 3.56. The Morgan fingerprint density at radius 1 is 1.35 bits per heavy atom. The predicted molar refractivity (Wildman–Crippen MR) is 84.0 cm³/mol. The van der Waals surface area contributed by atoms with Gasteiger partial charge in [0.25, 0.3) is 0 Å². The first-order valence-electron chi connectivity index (χ1n) is 6.33. The zero-order chi connectivity index (χ0) is 14.3. The number of benzene rings is 1. The number of aryl methyl sites for hydroxylation is 1. The molecule has 104 valence electrons. The molecular weight excluding hydrogens is 340 g/mol. The van der Waals surface area contributed by atoms with Crippen molar-refractivity contribution < 1.29 is 0 Å². The predicted octanol–water partition coefficient (Wildman–Crippen LogP) is 3.88. The molecule has 0 spiro atoms. The van der Waals surface area contributed by atoms with Crippen molar-refractivity contribution >= 4 is 38.6 Å². The summed E-state index contributed by atoms with van der Waals surface area (Å²) in [6.45, 7) is 2.65. The number of imidazole rings is 1. The number of fused-ring (bicyclic) bond motifs is 1. The molecule has 0 radical (unpaired) electrons. The third-order valence-electron chi connectivity index (χ3n) is 3.34. The number of hydrogen-bond donors (Lipinski definition) is 0. The molecule has 3 aromatic rings. The van der Waals surface area contributed by atoms with E-state index in [1.54, 1.807) is 6.20 Å². The smallest absolute Gasteiger partial charge is 0.128 e. The molecule has 0 amide bonds. The van der Waals surface area contributed by atoms with E-state index in [2.05, 4.69) is 36.6 Å². The topological polar surface area (TPSA) is 35.6 Å². The minimum atomic E-state index is -0.144. The summed E-state index contributed by atoms with van der Waals surface area (Å²) in [6, 6.07) is 8.07. The van der Waals surface area contributed by atoms with Crippen molar-refractivity contribution in [2.24, 2.45) is 7.05 Å². The van der Waals surface area contributed by atoms with Crippen molar-refractivity contribution in [3.05, 3.63) is 46.5 Å². The molecule has 6 heteroatoms. The van der Waals surface area contributed by atoms with E-state index in [4.69, 9.17) is 11.6 Å². The fourth-order valence-corrected chi connectivity index (χ4v) is 2.82. The average Bonchev–Trinajstić information content (AvgIpc) is 2.95. The molecule has 0 saturated carbocycles. The molecule has 1 unspecified atom stereocenters. The highest BCUT2D eigenvalue weighted by Gasteiger charge is 2.16. The summed E-state index contributed by atoms with van der Waals surface area (Å²) in [5.74, 6) is 0.876. The Morgan fingerprint density at radius 2 is 2.15 bits per heavy atom. The standard InChI is InChI=1S/C14H14BrClN4/c1-9(16)14-18-12-4-3-10(15)7-13(12)20(14)8-11-5-6-17-19(11)2/h3-7,9H,8H2,1-2H3. The van der Waals surface area contributed by atoms with Gasteiger partial charge in [-0.15, -0.1) is 11.6 Å². The molecule has 0 aliphatic carbocycles. The molecule has 0 aliphatic heterocycles. The molecule has 0 fully saturated rings. The number of aromatic nitrogens is 4. The molecule has 2 heterocycles. The second-order valence-corrected chi connectivity index (χ2v) is 6.32. The normalized spacial score (nSPS) is 13.0. The summed E-state index contributed by atoms with van der Waals surface area (Å²) >= 11 is 9.80. The summed E-state index contributed by atoms with van der Waals surface area (Å²) in [7, 11) is 1.94. The number of alkyl halides is 1. The maximum Gasteiger partial charge on any atom is 0.128 e. The van der Waals surface area contributed by atoms with Crippen LogP contribution in [0.2, 0.25) is 0 Å². The largest absolute Gasteiger partial charge is 0.321 e. The highest BCUT2D eigenvalue weighted by atomic mass is 79.9. The minimum Gasteiger partial charge on any atom is -0.321 e. The van der Waals surface area contributed by atoms with Crippen LogP contribution in [0.4, 0.5) is 0 Å². The summed E-state index contributed by atoms with van der Waals surface area (Å²) in [5.41, 5.74) is 3.14. The van der Waals surface area contributed by atoms with Crippen molar-refractivity contribution in [2.75, 3.05) is 0 Å². The average molecular weight is 354 g/mol. The van der Waals surface area contributed by atoms with E-state index >= 15 is 0 Å². The quantitative estimate of drug-likeness (QED) is 0.670. The molecule has 1 aromatic carbocycles. The monoisotopic (exact) mass is 352 g/mol. The first kappa shape index (κ1) is 13.6. The van der Waals surface area contributed by atoms with Crippen LogP contribution in [0.25, 0.3) is 11.0 Å². The van der Waals surface area contributed by atoms with Crippen LogP contribution in [0.15, 0.2) is 34.9 Å². The highest BCUT2D eigenvalue weighted by Crippen LogP contribution is 2.27. The zero-order valence-corrected chi connectivity index (χ0v) is 13.6. The van der Waals surface area contributed by atoms with Crippen LogP contribution in [-0.4, -0.2) is 19.3 Å². The van der Waals surface area contributed by atoms with Gasteiger partial charge in [0.05, 0.1) is 28.6 Å². The van der Waals surface area contributed by atoms with Crippen molar-refractivity contribution in [2.45, 2.75) is 18.8 Å². The number of rotatable bonds is 3. The zero-order valence-electron chi connectivity index (χ0n) is 11.2. The van der Waals surface area contributed by atoms with Crippen molar-refractivity contribution in [3.8, 4) is 0 Å². The molecule has 3 rings (SSSR count). The Hall–Kier alpha value is -1.33. The number of hydrogen-bond acceptors (Lipinski definition) is 2. The minimum absolute atomic E-state index is 0.144. The van der Waals surface area contributed by atoms with Crippen LogP contribution in [0, 0.1) is 0 Å². The van der Waals surface area contributed by atoms with Gasteiger partial charge < -0.3 is 4.57 Å². The van der Waals surface area contributed by atoms with E-state index in [9.17, 15) is 0 Å². The summed E-state index contributed by atoms with van der Waals surface area (Å²) in [6.07, 6.45) is 1.80. The van der Waals surface area contributed by atoms with Gasteiger partial charge in [-0.25, -0.2) is 4.98 Å². The van der Waals surface area contributed by atoms with Crippen molar-refractivity contribution in [1.29, 1.82) is 0 Å². The first-order chi connectivity index (χ1) is 9.56. The van der Waals surface area contributed by atoms with Gasteiger partial charge in [0.1, 0.15) is 5.82 Å². The highest BCUT2D eigenvalue weighted by molar-refractivity contribution is 9.10. The van der Waals surface area contributed by atoms with Gasteiger partial charge in [-0.3, -0.25) is 4.68 Å². The maximum absolute atomic E-state index is 6.28. The van der Waals surface area contributed by atoms with Gasteiger partial charge in [0.2, 0.25) is 0 Å². The third-order valence-corrected chi connectivity index (χ3v) is 4.03. The third kappa shape index (κ3) is 2.36. The van der Waals surface area contributed by atoms with Crippen LogP contribution in [0.3, 0.4) is 0 Å². The Labute approximate surface area is 130 Å². The second kappa shape index (κ2) is 5.22. The second-order valence-electron chi connectivity index (χ2n) is 4.75. The van der Waals surface area contributed by atoms with Crippen LogP contribution < -0.4 is 0 Å². The molecular formula is C14H14BrClN4. The molecule has 20 heavy (non-hydrogen) atoms. The van der Waals surface area contributed by atoms with E-state index in [1.165, 1.54) is 0 Å². The maximum atomic E-state index is 6.28. The number of halogens is 2. The van der Waals surface area contributed by atoms with E-state index < -0.39 is 0 Å². The Balaban J connectivity index is 2.18. The molecule has 2 aromatic heterocycles. The summed E-state index contributed by atoms with van der Waals surface area (Å²) in [4.78, 5) is 4.64. The number of nitrogens with zero attached hydrogens (tertiary/aromatic N) is 4. The van der Waals surface area contributed by atoms with Crippen LogP contribution >= 0.6 is 27.5 Å². The molecule has 0 N–H and O–H groups in total. The fraction of sp³-hybridized carbons (Fsp3) is 0.286. The van der Waals surface area contributed by atoms with Crippen molar-refractivity contribution in [3.63, 3.8) is 0 Å². The molecule has 0 saturated heterocycles. The first-order valence-corrected chi connectivity index (χ1v) is 7.56. The lowest BCUT2D eigenvalue weighted by Gasteiger charge is -2.10. The van der Waals surface area contributed by atoms with Crippen LogP contribution in [0.5, 0.6) is 0 Å². The van der Waals surface area contributed by atoms with Gasteiger partial charge >= 0.3 is 0 Å². The van der Waals surface area contributed by atoms with Gasteiger partial charge in [-0.1, -0.05) is 15.9 Å². The molecule has 1 atom stereocenters. The van der Waals surface area contributed by atoms with E-state index in [1.807, 2.05) is 36.9 Å². The molecule has 0 aliphatic rings. The summed E-state index contributed by atoms with van der Waals surface area (Å²) < 4.78 is 5.05. The van der Waals surface area contributed by atoms with E-state index in [0.717, 1.165) is 27.0 Å². The van der Waals surface area contributed by atoms with E-state index in [-0.39, 0.29) is 5.38 Å². The Bertz CT molecular complexity index is 760. The lowest BCUT2D eigenvalue weighted by Crippen LogP contribution is -2.09. The fourth-order valence-electron chi connectivity index (χ4n) is 2.30. The van der Waals surface area contributed by atoms with Crippen molar-refractivity contribution in [1.82, 2.24) is 19.3 Å². The van der Waals surface area contributed by atoms with Gasteiger partial charge in [0, 0.05) is 17.7 Å². The van der Waals surface area contributed by atoms with Gasteiger partial charge in [0.15, 0.2) is 0 Å². The van der Waals surface area contributed by atoms with Crippen LogP contribution in [0.1, 0.15) is 23.8 Å². The lowest BCUT2D eigenvalue weighted by molar-refractivity contribution is 0.654. The lowest BCUT2D eigenvalue weighted by atomic mass is 10.3. The van der Waals surface area contributed by atoms with Gasteiger partial charge in [-0.2, -0.15) is 5.10 Å². The molecule has 4 nitrogen and oxygen atoms in total. The van der Waals surface area contributed by atoms with Crippen LogP contribution in [-0.2, 0) is 13.6 Å². The Morgan fingerprint density at radius 3 is 2.80 bits per heavy atom.